The van der Waals surface area contributed by atoms with E-state index >= 15 is 0 Å². The minimum Gasteiger partial charge on any atom is -0.346 e. The fraction of sp³-hybridized carbons (Fsp3) is 0.0833. The van der Waals surface area contributed by atoms with Gasteiger partial charge in [0.1, 0.15) is 0 Å². The summed E-state index contributed by atoms with van der Waals surface area (Å²) in [4.78, 5) is 11.9. The van der Waals surface area contributed by atoms with Gasteiger partial charge in [0.2, 0.25) is 0 Å². The minimum absolute atomic E-state index is 0.191. The number of nitrogens with zero attached hydrogens (tertiary/aromatic N) is 2. The molecule has 0 spiro atoms. The summed E-state index contributed by atoms with van der Waals surface area (Å²) >= 11 is 9.12. The van der Waals surface area contributed by atoms with E-state index in [1.807, 2.05) is 0 Å². The van der Waals surface area contributed by atoms with E-state index < -0.39 is 0 Å². The average molecular weight is 327 g/mol. The molecule has 0 aliphatic rings. The van der Waals surface area contributed by atoms with Gasteiger partial charge >= 0.3 is 0 Å². The van der Waals surface area contributed by atoms with E-state index in [1.165, 1.54) is 0 Å². The molecule has 1 amide bonds. The number of aromatic nitrogens is 2. The third-order valence-electron chi connectivity index (χ3n) is 2.23. The van der Waals surface area contributed by atoms with E-state index in [0.717, 1.165) is 0 Å². The molecule has 4 nitrogen and oxygen atoms in total. The molecule has 0 atom stereocenters. The number of hydrogen-bond acceptors (Lipinski definition) is 3. The van der Waals surface area contributed by atoms with Crippen LogP contribution in [0.4, 0.5) is 0 Å². The zero-order valence-electron chi connectivity index (χ0n) is 9.23. The van der Waals surface area contributed by atoms with Crippen molar-refractivity contribution in [3.8, 4) is 0 Å². The van der Waals surface area contributed by atoms with Gasteiger partial charge in [-0.25, -0.2) is 0 Å². The Morgan fingerprint density at radius 2 is 2.22 bits per heavy atom. The first kappa shape index (κ1) is 13.0. The summed E-state index contributed by atoms with van der Waals surface area (Å²) in [7, 11) is 0. The van der Waals surface area contributed by atoms with Crippen LogP contribution in [0, 0.1) is 0 Å². The maximum absolute atomic E-state index is 11.9. The van der Waals surface area contributed by atoms with Gasteiger partial charge in [-0.05, 0) is 46.3 Å². The van der Waals surface area contributed by atoms with E-state index in [9.17, 15) is 4.79 Å². The highest BCUT2D eigenvalue weighted by Crippen LogP contribution is 2.21. The standard InChI is InChI=1S/C12H9BrClN3O/c13-11-6-8(14)3-4-10(11)12(18)15-7-9-2-1-5-16-17-9/h1-6H,7H2,(H,15,18). The van der Waals surface area contributed by atoms with E-state index in [2.05, 4.69) is 31.4 Å². The van der Waals surface area contributed by atoms with Crippen molar-refractivity contribution >= 4 is 33.4 Å². The normalized spacial score (nSPS) is 10.1. The van der Waals surface area contributed by atoms with Gasteiger partial charge in [-0.1, -0.05) is 11.6 Å². The lowest BCUT2D eigenvalue weighted by Crippen LogP contribution is -2.23. The number of carbonyl (C=O) groups is 1. The zero-order valence-corrected chi connectivity index (χ0v) is 11.6. The highest BCUT2D eigenvalue weighted by atomic mass is 79.9. The zero-order chi connectivity index (χ0) is 13.0. The Morgan fingerprint density at radius 3 is 2.89 bits per heavy atom. The van der Waals surface area contributed by atoms with Crippen molar-refractivity contribution < 1.29 is 4.79 Å². The van der Waals surface area contributed by atoms with Crippen LogP contribution in [-0.2, 0) is 6.54 Å². The van der Waals surface area contributed by atoms with Crippen molar-refractivity contribution in [1.82, 2.24) is 15.5 Å². The van der Waals surface area contributed by atoms with Crippen LogP contribution < -0.4 is 5.32 Å². The number of hydrogen-bond donors (Lipinski definition) is 1. The molecule has 0 aliphatic carbocycles. The second kappa shape index (κ2) is 5.93. The number of halogens is 2. The molecular formula is C12H9BrClN3O. The van der Waals surface area contributed by atoms with Crippen molar-refractivity contribution in [2.24, 2.45) is 0 Å². The van der Waals surface area contributed by atoms with Crippen LogP contribution >= 0.6 is 27.5 Å². The van der Waals surface area contributed by atoms with E-state index in [0.29, 0.717) is 27.3 Å². The highest BCUT2D eigenvalue weighted by Gasteiger charge is 2.10. The molecule has 0 saturated carbocycles. The Balaban J connectivity index is 2.04. The number of rotatable bonds is 3. The van der Waals surface area contributed by atoms with Crippen LogP contribution in [0.3, 0.4) is 0 Å². The summed E-state index contributed by atoms with van der Waals surface area (Å²) < 4.78 is 0.659. The van der Waals surface area contributed by atoms with Crippen molar-refractivity contribution in [2.75, 3.05) is 0 Å². The highest BCUT2D eigenvalue weighted by molar-refractivity contribution is 9.10. The molecule has 0 aliphatic heterocycles. The van der Waals surface area contributed by atoms with Crippen LogP contribution in [0.5, 0.6) is 0 Å². The van der Waals surface area contributed by atoms with Gasteiger partial charge in [0.05, 0.1) is 17.8 Å². The first-order chi connectivity index (χ1) is 8.66. The minimum atomic E-state index is -0.191. The molecule has 0 fully saturated rings. The van der Waals surface area contributed by atoms with Gasteiger partial charge in [-0.15, -0.1) is 0 Å². The van der Waals surface area contributed by atoms with Gasteiger partial charge in [-0.2, -0.15) is 10.2 Å². The first-order valence-corrected chi connectivity index (χ1v) is 6.34. The lowest BCUT2D eigenvalue weighted by atomic mass is 10.2. The molecule has 92 valence electrons. The lowest BCUT2D eigenvalue weighted by molar-refractivity contribution is 0.0949. The van der Waals surface area contributed by atoms with Crippen molar-refractivity contribution in [1.29, 1.82) is 0 Å². The number of benzene rings is 1. The number of amides is 1. The molecule has 1 aromatic carbocycles. The quantitative estimate of drug-likeness (QED) is 0.943. The summed E-state index contributed by atoms with van der Waals surface area (Å²) in [6.07, 6.45) is 1.58. The molecule has 18 heavy (non-hydrogen) atoms. The van der Waals surface area contributed by atoms with Crippen LogP contribution in [0.15, 0.2) is 41.0 Å². The predicted octanol–water partition coefficient (Wildman–Crippen LogP) is 2.82. The Labute approximate surface area is 118 Å². The summed E-state index contributed by atoms with van der Waals surface area (Å²) in [6, 6.07) is 8.58. The van der Waals surface area contributed by atoms with Gasteiger partial charge in [0.25, 0.3) is 5.91 Å². The molecule has 0 radical (unpaired) electrons. The molecule has 0 unspecified atom stereocenters. The summed E-state index contributed by atoms with van der Waals surface area (Å²) in [5, 5.41) is 11.0. The second-order valence-electron chi connectivity index (χ2n) is 3.52. The van der Waals surface area contributed by atoms with E-state index in [-0.39, 0.29) is 5.91 Å². The van der Waals surface area contributed by atoms with Crippen LogP contribution in [-0.4, -0.2) is 16.1 Å². The molecule has 0 saturated heterocycles. The fourth-order valence-corrected chi connectivity index (χ4v) is 2.23. The molecule has 6 heteroatoms. The third-order valence-corrected chi connectivity index (χ3v) is 3.12. The van der Waals surface area contributed by atoms with E-state index in [1.54, 1.807) is 36.5 Å². The maximum Gasteiger partial charge on any atom is 0.252 e. The maximum atomic E-state index is 11.9. The SMILES string of the molecule is O=C(NCc1cccnn1)c1ccc(Cl)cc1Br. The Morgan fingerprint density at radius 1 is 1.39 bits per heavy atom. The topological polar surface area (TPSA) is 54.9 Å². The molecule has 1 aromatic heterocycles. The smallest absolute Gasteiger partial charge is 0.252 e. The number of carbonyl (C=O) groups excluding carboxylic acids is 1. The van der Waals surface area contributed by atoms with Gasteiger partial charge in [0, 0.05) is 15.7 Å². The van der Waals surface area contributed by atoms with Gasteiger partial charge in [0.15, 0.2) is 0 Å². The summed E-state index contributed by atoms with van der Waals surface area (Å²) in [6.45, 7) is 0.335. The molecule has 1 N–H and O–H groups in total. The average Bonchev–Trinajstić information content (AvgIpc) is 2.37. The molecule has 0 bridgehead atoms. The summed E-state index contributed by atoms with van der Waals surface area (Å²) in [5.41, 5.74) is 1.24. The molecule has 2 aromatic rings. The van der Waals surface area contributed by atoms with Crippen LogP contribution in [0.1, 0.15) is 16.1 Å². The van der Waals surface area contributed by atoms with Crippen LogP contribution in [0.2, 0.25) is 5.02 Å². The first-order valence-electron chi connectivity index (χ1n) is 5.16. The molecule has 1 heterocycles. The van der Waals surface area contributed by atoms with Crippen molar-refractivity contribution in [3.05, 3.63) is 57.3 Å². The van der Waals surface area contributed by atoms with Crippen molar-refractivity contribution in [3.63, 3.8) is 0 Å². The second-order valence-corrected chi connectivity index (χ2v) is 4.81. The molecular weight excluding hydrogens is 318 g/mol. The van der Waals surface area contributed by atoms with Crippen LogP contribution in [0.25, 0.3) is 0 Å². The molecule has 2 rings (SSSR count). The third kappa shape index (κ3) is 3.27. The number of nitrogens with one attached hydrogen (secondary N) is 1. The van der Waals surface area contributed by atoms with Crippen molar-refractivity contribution in [2.45, 2.75) is 6.54 Å². The van der Waals surface area contributed by atoms with Gasteiger partial charge < -0.3 is 5.32 Å². The van der Waals surface area contributed by atoms with Gasteiger partial charge in [-0.3, -0.25) is 4.79 Å². The fourth-order valence-electron chi connectivity index (χ4n) is 1.37. The largest absolute Gasteiger partial charge is 0.346 e. The Hall–Kier alpha value is -1.46. The Bertz CT molecular complexity index is 563. The summed E-state index contributed by atoms with van der Waals surface area (Å²) in [5.74, 6) is -0.191. The Kier molecular flexibility index (Phi) is 4.28. The monoisotopic (exact) mass is 325 g/mol. The van der Waals surface area contributed by atoms with E-state index in [4.69, 9.17) is 11.6 Å². The lowest BCUT2D eigenvalue weighted by Gasteiger charge is -2.06. The predicted molar refractivity (Wildman–Crippen MR) is 72.4 cm³/mol.